The van der Waals surface area contributed by atoms with Crippen LogP contribution < -0.4 is 19.1 Å². The number of aliphatic hydroxyl groups excluding tert-OH is 1. The molecule has 0 radical (unpaired) electrons. The maximum atomic E-state index is 13.7. The summed E-state index contributed by atoms with van der Waals surface area (Å²) in [5, 5.41) is 21.1. The van der Waals surface area contributed by atoms with E-state index in [1.807, 2.05) is 30.3 Å². The molecule has 0 bridgehead atoms. The predicted octanol–water partition coefficient (Wildman–Crippen LogP) is 7.06. The molecule has 2 aliphatic heterocycles. The summed E-state index contributed by atoms with van der Waals surface area (Å²) in [7, 11) is 0. The molecule has 4 aromatic rings. The molecule has 0 aliphatic carbocycles. The highest BCUT2D eigenvalue weighted by Crippen LogP contribution is 2.45. The van der Waals surface area contributed by atoms with Gasteiger partial charge in [0.25, 0.3) is 5.78 Å². The lowest BCUT2D eigenvalue weighted by atomic mass is 9.95. The molecule has 1 unspecified atom stereocenters. The number of nitrogens with zero attached hydrogens (tertiary/aromatic N) is 3. The number of aliphatic hydroxyl groups is 1. The first-order valence-corrected chi connectivity index (χ1v) is 16.3. The number of hydrogen-bond acceptors (Lipinski definition) is 10. The van der Waals surface area contributed by atoms with Gasteiger partial charge < -0.3 is 19.3 Å². The van der Waals surface area contributed by atoms with Gasteiger partial charge >= 0.3 is 5.91 Å². The smallest absolute Gasteiger partial charge is 0.301 e. The van der Waals surface area contributed by atoms with E-state index in [0.717, 1.165) is 18.4 Å². The van der Waals surface area contributed by atoms with Crippen molar-refractivity contribution in [1.29, 1.82) is 0 Å². The molecule has 0 saturated carbocycles. The van der Waals surface area contributed by atoms with Crippen LogP contribution in [0.5, 0.6) is 17.2 Å². The van der Waals surface area contributed by atoms with Gasteiger partial charge in [-0.05, 0) is 53.9 Å². The van der Waals surface area contributed by atoms with Gasteiger partial charge in [-0.3, -0.25) is 14.5 Å². The lowest BCUT2D eigenvalue weighted by Gasteiger charge is -2.23. The minimum atomic E-state index is -0.979. The van der Waals surface area contributed by atoms with Crippen LogP contribution in [0.1, 0.15) is 42.5 Å². The van der Waals surface area contributed by atoms with Crippen LogP contribution in [0.15, 0.2) is 76.6 Å². The molecule has 9 nitrogen and oxygen atoms in total. The molecule has 2 aliphatic rings. The monoisotopic (exact) mass is 649 g/mol. The fraction of sp³-hybridized carbons (Fsp3) is 0.250. The van der Waals surface area contributed by atoms with Gasteiger partial charge in [-0.2, -0.15) is 0 Å². The average Bonchev–Trinajstić information content (AvgIpc) is 3.62. The fourth-order valence-electron chi connectivity index (χ4n) is 4.91. The quantitative estimate of drug-likeness (QED) is 0.0482. The Hall–Kier alpha value is -4.06. The van der Waals surface area contributed by atoms with Crippen molar-refractivity contribution in [3.8, 4) is 17.2 Å². The maximum absolute atomic E-state index is 13.7. The second-order valence-corrected chi connectivity index (χ2v) is 12.6. The summed E-state index contributed by atoms with van der Waals surface area (Å²) in [6.45, 7) is 3.38. The molecule has 1 aromatic heterocycles. The standard InChI is InChI=1S/C32H28ClN3O6S2/c1-2-3-13-40-22-9-6-8-19(16-22)27-26(28(37)20-11-12-24-25(17-20)42-15-14-41-24)29(38)30(39)36(27)31-34-35-32(44-31)43-18-21-7-4-5-10-23(21)33/h4-12,16-17,27,37H,2-3,13-15,18H2,1H3. The zero-order valence-corrected chi connectivity index (χ0v) is 26.1. The summed E-state index contributed by atoms with van der Waals surface area (Å²) in [4.78, 5) is 28.6. The van der Waals surface area contributed by atoms with E-state index in [4.69, 9.17) is 25.8 Å². The Kier molecular flexibility index (Phi) is 9.06. The number of benzene rings is 3. The first kappa shape index (κ1) is 30.0. The van der Waals surface area contributed by atoms with E-state index in [9.17, 15) is 14.7 Å². The van der Waals surface area contributed by atoms with Crippen LogP contribution in [0.3, 0.4) is 0 Å². The minimum absolute atomic E-state index is 0.0714. The lowest BCUT2D eigenvalue weighted by Crippen LogP contribution is -2.29. The molecule has 3 aromatic carbocycles. The molecule has 6 rings (SSSR count). The number of amides is 1. The summed E-state index contributed by atoms with van der Waals surface area (Å²) < 4.78 is 17.8. The zero-order chi connectivity index (χ0) is 30.6. The maximum Gasteiger partial charge on any atom is 0.301 e. The number of ketones is 1. The van der Waals surface area contributed by atoms with Crippen LogP contribution in [0.25, 0.3) is 5.76 Å². The van der Waals surface area contributed by atoms with Gasteiger partial charge in [0.1, 0.15) is 24.7 Å². The van der Waals surface area contributed by atoms with Crippen molar-refractivity contribution in [2.45, 2.75) is 35.9 Å². The SMILES string of the molecule is CCCCOc1cccc(C2C(=C(O)c3ccc4c(c3)OCCO4)C(=O)C(=O)N2c2nnc(SCc3ccccc3Cl)s2)c1. The molecule has 1 fully saturated rings. The number of unbranched alkanes of at least 4 members (excludes halogenated alkanes) is 1. The van der Waals surface area contributed by atoms with Crippen molar-refractivity contribution in [2.75, 3.05) is 24.7 Å². The predicted molar refractivity (Wildman–Crippen MR) is 170 cm³/mol. The third-order valence-corrected chi connectivity index (χ3v) is 9.58. The zero-order valence-electron chi connectivity index (χ0n) is 23.7. The number of ether oxygens (including phenoxy) is 3. The van der Waals surface area contributed by atoms with Gasteiger partial charge in [0.2, 0.25) is 5.13 Å². The highest BCUT2D eigenvalue weighted by molar-refractivity contribution is 8.00. The summed E-state index contributed by atoms with van der Waals surface area (Å²) >= 11 is 8.93. The number of fused-ring (bicyclic) bond motifs is 1. The summed E-state index contributed by atoms with van der Waals surface area (Å²) in [5.41, 5.74) is 1.77. The minimum Gasteiger partial charge on any atom is -0.507 e. The molecule has 1 atom stereocenters. The van der Waals surface area contributed by atoms with E-state index in [1.54, 1.807) is 36.4 Å². The number of hydrogen-bond donors (Lipinski definition) is 1. The van der Waals surface area contributed by atoms with Gasteiger partial charge in [-0.1, -0.05) is 78.4 Å². The van der Waals surface area contributed by atoms with Gasteiger partial charge in [0.05, 0.1) is 18.2 Å². The lowest BCUT2D eigenvalue weighted by molar-refractivity contribution is -0.132. The Morgan fingerprint density at radius 1 is 1.07 bits per heavy atom. The highest BCUT2D eigenvalue weighted by Gasteiger charge is 2.48. The number of thioether (sulfide) groups is 1. The van der Waals surface area contributed by atoms with Crippen LogP contribution in [0, 0.1) is 0 Å². The molecule has 1 amide bonds. The van der Waals surface area contributed by atoms with Gasteiger partial charge in [0, 0.05) is 16.3 Å². The second kappa shape index (κ2) is 13.3. The van der Waals surface area contributed by atoms with E-state index < -0.39 is 17.7 Å². The molecule has 12 heteroatoms. The number of carbonyl (C=O) groups is 2. The Labute approximate surface area is 267 Å². The van der Waals surface area contributed by atoms with Crippen molar-refractivity contribution in [3.63, 3.8) is 0 Å². The number of anilines is 1. The summed E-state index contributed by atoms with van der Waals surface area (Å²) in [5.74, 6) is 0.152. The van der Waals surface area contributed by atoms with Crippen molar-refractivity contribution in [2.24, 2.45) is 0 Å². The Bertz CT molecular complexity index is 1740. The molecule has 226 valence electrons. The van der Waals surface area contributed by atoms with Crippen LogP contribution in [0.2, 0.25) is 5.02 Å². The average molecular weight is 650 g/mol. The van der Waals surface area contributed by atoms with E-state index in [1.165, 1.54) is 28.0 Å². The van der Waals surface area contributed by atoms with Crippen LogP contribution >= 0.6 is 34.7 Å². The molecule has 0 spiro atoms. The van der Waals surface area contributed by atoms with Gasteiger partial charge in [0.15, 0.2) is 15.8 Å². The third kappa shape index (κ3) is 6.12. The summed E-state index contributed by atoms with van der Waals surface area (Å²) in [6.07, 6.45) is 1.86. The van der Waals surface area contributed by atoms with E-state index in [0.29, 0.717) is 63.3 Å². The molecular weight excluding hydrogens is 622 g/mol. The molecule has 3 heterocycles. The molecular formula is C32H28ClN3O6S2. The topological polar surface area (TPSA) is 111 Å². The fourth-order valence-corrected chi connectivity index (χ4v) is 7.07. The first-order valence-electron chi connectivity index (χ1n) is 14.1. The van der Waals surface area contributed by atoms with E-state index in [2.05, 4.69) is 17.1 Å². The van der Waals surface area contributed by atoms with Crippen molar-refractivity contribution < 1.29 is 28.9 Å². The molecule has 1 saturated heterocycles. The van der Waals surface area contributed by atoms with Crippen LogP contribution in [-0.4, -0.2) is 46.8 Å². The first-order chi connectivity index (χ1) is 21.4. The second-order valence-electron chi connectivity index (χ2n) is 10.0. The number of carbonyl (C=O) groups excluding carboxylic acids is 2. The van der Waals surface area contributed by atoms with Gasteiger partial charge in [-0.25, -0.2) is 0 Å². The van der Waals surface area contributed by atoms with E-state index >= 15 is 0 Å². The molecule has 1 N–H and O–H groups in total. The normalized spacial score (nSPS) is 17.2. The third-order valence-electron chi connectivity index (χ3n) is 7.11. The number of Topliss-reactive ketones (excluding diaryl/α,β-unsaturated/α-hetero) is 1. The van der Waals surface area contributed by atoms with Crippen molar-refractivity contribution in [3.05, 3.63) is 94.0 Å². The Morgan fingerprint density at radius 3 is 2.70 bits per heavy atom. The van der Waals surface area contributed by atoms with Gasteiger partial charge in [-0.15, -0.1) is 10.2 Å². The highest BCUT2D eigenvalue weighted by atomic mass is 35.5. The van der Waals surface area contributed by atoms with Crippen LogP contribution in [0.4, 0.5) is 5.13 Å². The Morgan fingerprint density at radius 2 is 1.89 bits per heavy atom. The number of rotatable bonds is 10. The van der Waals surface area contributed by atoms with Crippen molar-refractivity contribution >= 4 is 57.3 Å². The largest absolute Gasteiger partial charge is 0.507 e. The van der Waals surface area contributed by atoms with Crippen LogP contribution in [-0.2, 0) is 15.3 Å². The number of aromatic nitrogens is 2. The van der Waals surface area contributed by atoms with Crippen molar-refractivity contribution in [1.82, 2.24) is 10.2 Å². The van der Waals surface area contributed by atoms with E-state index in [-0.39, 0.29) is 16.5 Å². The molecule has 44 heavy (non-hydrogen) atoms. The summed E-state index contributed by atoms with van der Waals surface area (Å²) in [6, 6.07) is 18.7. The Balaban J connectivity index is 1.39. The number of halogens is 1.